The molecular formula is C15H23N3O2. The van der Waals surface area contributed by atoms with E-state index in [1.54, 1.807) is 0 Å². The van der Waals surface area contributed by atoms with Gasteiger partial charge >= 0.3 is 0 Å². The van der Waals surface area contributed by atoms with Crippen LogP contribution in [0.2, 0.25) is 0 Å². The molecule has 1 saturated heterocycles. The van der Waals surface area contributed by atoms with E-state index >= 15 is 0 Å². The van der Waals surface area contributed by atoms with Crippen molar-refractivity contribution in [2.45, 2.75) is 31.4 Å². The number of rotatable bonds is 2. The number of aliphatic hydroxyl groups excluding tert-OH is 1. The third-order valence-electron chi connectivity index (χ3n) is 4.68. The Morgan fingerprint density at radius 3 is 2.55 bits per heavy atom. The van der Waals surface area contributed by atoms with Crippen LogP contribution in [0.3, 0.4) is 0 Å². The first kappa shape index (κ1) is 13.6. The Morgan fingerprint density at radius 2 is 2.00 bits per heavy atom. The molecule has 3 rings (SSSR count). The summed E-state index contributed by atoms with van der Waals surface area (Å²) in [6.45, 7) is 3.26. The summed E-state index contributed by atoms with van der Waals surface area (Å²) in [6, 6.07) is 4.08. The molecule has 1 aromatic rings. The molecule has 1 aromatic heterocycles. The van der Waals surface area contributed by atoms with Gasteiger partial charge in [0.15, 0.2) is 0 Å². The van der Waals surface area contributed by atoms with Gasteiger partial charge in [-0.25, -0.2) is 0 Å². The van der Waals surface area contributed by atoms with Gasteiger partial charge in [-0.05, 0) is 31.4 Å². The first-order chi connectivity index (χ1) is 9.66. The van der Waals surface area contributed by atoms with Crippen LogP contribution in [0.4, 0.5) is 0 Å². The first-order valence-electron chi connectivity index (χ1n) is 7.49. The van der Waals surface area contributed by atoms with Gasteiger partial charge in [-0.1, -0.05) is 0 Å². The van der Waals surface area contributed by atoms with Gasteiger partial charge in [-0.2, -0.15) is 0 Å². The van der Waals surface area contributed by atoms with E-state index in [1.807, 2.05) is 34.8 Å². The highest BCUT2D eigenvalue weighted by Crippen LogP contribution is 2.25. The van der Waals surface area contributed by atoms with Gasteiger partial charge in [0, 0.05) is 45.5 Å². The molecule has 0 aromatic carbocycles. The van der Waals surface area contributed by atoms with Crippen molar-refractivity contribution in [3.63, 3.8) is 0 Å². The van der Waals surface area contributed by atoms with Crippen molar-refractivity contribution in [1.82, 2.24) is 14.4 Å². The van der Waals surface area contributed by atoms with Gasteiger partial charge in [0.2, 0.25) is 0 Å². The van der Waals surface area contributed by atoms with E-state index in [0.29, 0.717) is 6.04 Å². The zero-order valence-electron chi connectivity index (χ0n) is 12.0. The largest absolute Gasteiger partial charge is 0.391 e. The molecule has 5 nitrogen and oxygen atoms in total. The standard InChI is InChI=1S/C15H23N3O2/c1-16-7-3-5-13(16)15(20)18-10-8-17(9-11-18)12-4-2-6-14(12)19/h3,5,7,12,14,19H,2,4,6,8-11H2,1H3. The second-order valence-corrected chi connectivity index (χ2v) is 5.90. The lowest BCUT2D eigenvalue weighted by Gasteiger charge is -2.39. The Balaban J connectivity index is 1.58. The van der Waals surface area contributed by atoms with Crippen LogP contribution in [-0.2, 0) is 7.05 Å². The fourth-order valence-corrected chi connectivity index (χ4v) is 3.45. The normalized spacial score (nSPS) is 28.0. The SMILES string of the molecule is Cn1cccc1C(=O)N1CCN(C2CCCC2O)CC1. The van der Waals surface area contributed by atoms with Crippen LogP contribution in [0.5, 0.6) is 0 Å². The Kier molecular flexibility index (Phi) is 3.81. The zero-order chi connectivity index (χ0) is 14.1. The number of aliphatic hydroxyl groups is 1. The Bertz CT molecular complexity index is 477. The van der Waals surface area contributed by atoms with E-state index in [4.69, 9.17) is 0 Å². The molecule has 1 saturated carbocycles. The fourth-order valence-electron chi connectivity index (χ4n) is 3.45. The number of aryl methyl sites for hydroxylation is 1. The maximum absolute atomic E-state index is 12.4. The Labute approximate surface area is 119 Å². The van der Waals surface area contributed by atoms with Crippen LogP contribution in [0.1, 0.15) is 29.8 Å². The first-order valence-corrected chi connectivity index (χ1v) is 7.49. The summed E-state index contributed by atoms with van der Waals surface area (Å²) < 4.78 is 1.87. The molecule has 0 bridgehead atoms. The number of aromatic nitrogens is 1. The molecule has 2 fully saturated rings. The average Bonchev–Trinajstić information content (AvgIpc) is 3.07. The van der Waals surface area contributed by atoms with Gasteiger partial charge in [-0.3, -0.25) is 9.69 Å². The highest BCUT2D eigenvalue weighted by atomic mass is 16.3. The molecular weight excluding hydrogens is 254 g/mol. The smallest absolute Gasteiger partial charge is 0.270 e. The molecule has 1 aliphatic carbocycles. The van der Waals surface area contributed by atoms with Gasteiger partial charge in [0.1, 0.15) is 5.69 Å². The maximum Gasteiger partial charge on any atom is 0.270 e. The molecule has 2 unspecified atom stereocenters. The highest BCUT2D eigenvalue weighted by molar-refractivity contribution is 5.92. The fraction of sp³-hybridized carbons (Fsp3) is 0.667. The monoisotopic (exact) mass is 277 g/mol. The van der Waals surface area contributed by atoms with E-state index in [-0.39, 0.29) is 12.0 Å². The van der Waals surface area contributed by atoms with Crippen molar-refractivity contribution >= 4 is 5.91 Å². The molecule has 2 atom stereocenters. The predicted octanol–water partition coefficient (Wildman–Crippen LogP) is 0.696. The van der Waals surface area contributed by atoms with E-state index in [1.165, 1.54) is 0 Å². The average molecular weight is 277 g/mol. The number of nitrogens with zero attached hydrogens (tertiary/aromatic N) is 3. The number of hydrogen-bond acceptors (Lipinski definition) is 3. The number of carbonyl (C=O) groups is 1. The van der Waals surface area contributed by atoms with Crippen molar-refractivity contribution in [3.8, 4) is 0 Å². The zero-order valence-corrected chi connectivity index (χ0v) is 12.0. The van der Waals surface area contributed by atoms with Crippen molar-refractivity contribution in [2.24, 2.45) is 7.05 Å². The lowest BCUT2D eigenvalue weighted by atomic mass is 10.1. The lowest BCUT2D eigenvalue weighted by Crippen LogP contribution is -2.53. The van der Waals surface area contributed by atoms with Crippen LogP contribution >= 0.6 is 0 Å². The van der Waals surface area contributed by atoms with Crippen molar-refractivity contribution in [2.75, 3.05) is 26.2 Å². The maximum atomic E-state index is 12.4. The molecule has 0 spiro atoms. The summed E-state index contributed by atoms with van der Waals surface area (Å²) in [5.74, 6) is 0.115. The Morgan fingerprint density at radius 1 is 1.25 bits per heavy atom. The summed E-state index contributed by atoms with van der Waals surface area (Å²) in [7, 11) is 1.90. The van der Waals surface area contributed by atoms with E-state index in [0.717, 1.165) is 51.1 Å². The van der Waals surface area contributed by atoms with Crippen LogP contribution < -0.4 is 0 Å². The predicted molar refractivity (Wildman–Crippen MR) is 76.5 cm³/mol. The topological polar surface area (TPSA) is 48.7 Å². The molecule has 110 valence electrons. The summed E-state index contributed by atoms with van der Waals surface area (Å²) in [5, 5.41) is 9.98. The summed E-state index contributed by atoms with van der Waals surface area (Å²) in [5.41, 5.74) is 0.749. The van der Waals surface area contributed by atoms with E-state index < -0.39 is 0 Å². The summed E-state index contributed by atoms with van der Waals surface area (Å²) in [4.78, 5) is 16.7. The van der Waals surface area contributed by atoms with Crippen LogP contribution in [-0.4, -0.2) is 63.7 Å². The van der Waals surface area contributed by atoms with Crippen molar-refractivity contribution in [1.29, 1.82) is 0 Å². The second kappa shape index (κ2) is 5.58. The second-order valence-electron chi connectivity index (χ2n) is 5.90. The molecule has 2 aliphatic rings. The number of piperazine rings is 1. The van der Waals surface area contributed by atoms with E-state index in [2.05, 4.69) is 4.90 Å². The number of hydrogen-bond donors (Lipinski definition) is 1. The minimum atomic E-state index is -0.176. The summed E-state index contributed by atoms with van der Waals surface area (Å²) in [6.07, 6.45) is 4.86. The van der Waals surface area contributed by atoms with Crippen LogP contribution in [0.15, 0.2) is 18.3 Å². The van der Waals surface area contributed by atoms with E-state index in [9.17, 15) is 9.90 Å². The molecule has 20 heavy (non-hydrogen) atoms. The number of amides is 1. The highest BCUT2D eigenvalue weighted by Gasteiger charge is 2.33. The minimum Gasteiger partial charge on any atom is -0.391 e. The van der Waals surface area contributed by atoms with Gasteiger partial charge in [0.05, 0.1) is 6.10 Å². The molecule has 1 amide bonds. The Hall–Kier alpha value is -1.33. The van der Waals surface area contributed by atoms with Crippen LogP contribution in [0.25, 0.3) is 0 Å². The van der Waals surface area contributed by atoms with Crippen LogP contribution in [0, 0.1) is 0 Å². The molecule has 1 aliphatic heterocycles. The van der Waals surface area contributed by atoms with Crippen molar-refractivity contribution < 1.29 is 9.90 Å². The quantitative estimate of drug-likeness (QED) is 0.865. The molecule has 2 heterocycles. The van der Waals surface area contributed by atoms with Crippen molar-refractivity contribution in [3.05, 3.63) is 24.0 Å². The molecule has 1 N–H and O–H groups in total. The number of carbonyl (C=O) groups excluding carboxylic acids is 1. The third-order valence-corrected chi connectivity index (χ3v) is 4.68. The third kappa shape index (κ3) is 2.47. The van der Waals surface area contributed by atoms with Gasteiger partial charge < -0.3 is 14.6 Å². The van der Waals surface area contributed by atoms with Gasteiger partial charge in [0.25, 0.3) is 5.91 Å². The minimum absolute atomic E-state index is 0.115. The molecule has 0 radical (unpaired) electrons. The summed E-state index contributed by atoms with van der Waals surface area (Å²) >= 11 is 0. The lowest BCUT2D eigenvalue weighted by molar-refractivity contribution is 0.0311. The molecule has 5 heteroatoms. The van der Waals surface area contributed by atoms with Gasteiger partial charge in [-0.15, -0.1) is 0 Å².